The van der Waals surface area contributed by atoms with Crippen LogP contribution in [-0.2, 0) is 0 Å². The Morgan fingerprint density at radius 1 is 0.415 bits per heavy atom. The van der Waals surface area contributed by atoms with Crippen molar-refractivity contribution in [2.45, 2.75) is 6.92 Å². The maximum Gasteiger partial charge on any atom is 0.145 e. The summed E-state index contributed by atoms with van der Waals surface area (Å²) in [6.07, 6.45) is 0. The summed E-state index contributed by atoms with van der Waals surface area (Å²) in [5.41, 5.74) is 11.9. The van der Waals surface area contributed by atoms with Crippen LogP contribution < -0.4 is 4.74 Å². The molecule has 53 heavy (non-hydrogen) atoms. The van der Waals surface area contributed by atoms with Crippen molar-refractivity contribution in [2.24, 2.45) is 0 Å². The fourth-order valence-electron chi connectivity index (χ4n) is 8.26. The molecule has 0 saturated heterocycles. The SMILES string of the molecule is Cc1ccccc1Oc1cccc2c1c1ccc(-c3ccc4c(c3)c3c5oc6ccccc6c5ccc3n4-c3ccccc3)cc1n2-c1ccccc1. The predicted molar refractivity (Wildman–Crippen MR) is 219 cm³/mol. The molecule has 0 unspecified atom stereocenters. The highest BCUT2D eigenvalue weighted by atomic mass is 16.5. The molecule has 0 radical (unpaired) electrons. The van der Waals surface area contributed by atoms with Gasteiger partial charge in [-0.1, -0.05) is 97.1 Å². The van der Waals surface area contributed by atoms with Crippen LogP contribution in [0.2, 0.25) is 0 Å². The van der Waals surface area contributed by atoms with Gasteiger partial charge in [0.15, 0.2) is 0 Å². The molecule has 0 amide bonds. The van der Waals surface area contributed by atoms with E-state index < -0.39 is 0 Å². The van der Waals surface area contributed by atoms with E-state index in [2.05, 4.69) is 168 Å². The number of fused-ring (bicyclic) bond motifs is 10. The van der Waals surface area contributed by atoms with Crippen LogP contribution in [0.1, 0.15) is 5.56 Å². The molecule has 0 fully saturated rings. The summed E-state index contributed by atoms with van der Waals surface area (Å²) in [4.78, 5) is 0. The third kappa shape index (κ3) is 4.49. The number of ether oxygens (including phenoxy) is 1. The number of furan rings is 1. The molecule has 0 atom stereocenters. The quantitative estimate of drug-likeness (QED) is 0.181. The van der Waals surface area contributed by atoms with Crippen molar-refractivity contribution in [1.29, 1.82) is 0 Å². The fourth-order valence-corrected chi connectivity index (χ4v) is 8.26. The van der Waals surface area contributed by atoms with Gasteiger partial charge in [-0.25, -0.2) is 0 Å². The minimum atomic E-state index is 0.842. The van der Waals surface area contributed by atoms with Gasteiger partial charge in [-0.3, -0.25) is 0 Å². The van der Waals surface area contributed by atoms with E-state index in [9.17, 15) is 0 Å². The maximum atomic E-state index is 6.66. The second kappa shape index (κ2) is 11.5. The van der Waals surface area contributed by atoms with Gasteiger partial charge in [0.1, 0.15) is 22.7 Å². The van der Waals surface area contributed by atoms with Gasteiger partial charge >= 0.3 is 0 Å². The zero-order chi connectivity index (χ0) is 35.0. The Morgan fingerprint density at radius 2 is 1.04 bits per heavy atom. The molecule has 4 heteroatoms. The second-order valence-corrected chi connectivity index (χ2v) is 13.8. The van der Waals surface area contributed by atoms with Gasteiger partial charge in [-0.2, -0.15) is 0 Å². The number of aromatic nitrogens is 2. The van der Waals surface area contributed by atoms with Crippen LogP contribution in [-0.4, -0.2) is 9.13 Å². The van der Waals surface area contributed by atoms with Crippen molar-refractivity contribution in [3.05, 3.63) is 181 Å². The first-order chi connectivity index (χ1) is 26.2. The number of aryl methyl sites for hydroxylation is 1. The Kier molecular flexibility index (Phi) is 6.43. The van der Waals surface area contributed by atoms with Gasteiger partial charge in [0.05, 0.1) is 32.8 Å². The molecule has 0 aliphatic carbocycles. The molecule has 3 aromatic heterocycles. The summed E-state index contributed by atoms with van der Waals surface area (Å²) in [6.45, 7) is 2.09. The highest BCUT2D eigenvalue weighted by molar-refractivity contribution is 6.24. The lowest BCUT2D eigenvalue weighted by molar-refractivity contribution is 0.485. The molecule has 0 spiro atoms. The highest BCUT2D eigenvalue weighted by Gasteiger charge is 2.21. The molecule has 0 bridgehead atoms. The number of nitrogens with zero attached hydrogens (tertiary/aromatic N) is 2. The third-order valence-corrected chi connectivity index (χ3v) is 10.7. The standard InChI is InChI=1S/C49H32N2O2/c1-31-13-8-10-20-44(31)52-46-22-12-19-41-47(46)38-25-23-33(30-43(38)51(41)35-16-6-3-7-17-35)32-24-27-40-39(29-32)48-42(50(40)34-14-4-2-5-15-34)28-26-37-36-18-9-11-21-45(36)53-49(37)48/h2-30H,1H3. The van der Waals surface area contributed by atoms with Gasteiger partial charge in [0, 0.05) is 32.9 Å². The Hall–Kier alpha value is -7.04. The van der Waals surface area contributed by atoms with Crippen molar-refractivity contribution >= 4 is 65.6 Å². The molecule has 11 aromatic rings. The van der Waals surface area contributed by atoms with Crippen LogP contribution in [0, 0.1) is 6.92 Å². The van der Waals surface area contributed by atoms with Gasteiger partial charge in [0.2, 0.25) is 0 Å². The molecule has 250 valence electrons. The first-order valence-electron chi connectivity index (χ1n) is 18.0. The van der Waals surface area contributed by atoms with E-state index in [0.29, 0.717) is 0 Å². The monoisotopic (exact) mass is 680 g/mol. The van der Waals surface area contributed by atoms with E-state index in [1.54, 1.807) is 0 Å². The van der Waals surface area contributed by atoms with E-state index in [1.807, 2.05) is 24.3 Å². The molecule has 0 aliphatic rings. The third-order valence-electron chi connectivity index (χ3n) is 10.7. The lowest BCUT2D eigenvalue weighted by Gasteiger charge is -2.11. The van der Waals surface area contributed by atoms with E-state index in [0.717, 1.165) is 105 Å². The van der Waals surface area contributed by atoms with Gasteiger partial charge in [-0.05, 0) is 102 Å². The maximum absolute atomic E-state index is 6.66. The lowest BCUT2D eigenvalue weighted by Crippen LogP contribution is -1.94. The molecular formula is C49H32N2O2. The largest absolute Gasteiger partial charge is 0.456 e. The summed E-state index contributed by atoms with van der Waals surface area (Å²) in [6, 6.07) is 62.2. The first-order valence-corrected chi connectivity index (χ1v) is 18.0. The van der Waals surface area contributed by atoms with Crippen molar-refractivity contribution in [3.63, 3.8) is 0 Å². The van der Waals surface area contributed by atoms with Crippen molar-refractivity contribution in [1.82, 2.24) is 9.13 Å². The Morgan fingerprint density at radius 3 is 1.85 bits per heavy atom. The van der Waals surface area contributed by atoms with Crippen molar-refractivity contribution in [2.75, 3.05) is 0 Å². The van der Waals surface area contributed by atoms with Crippen LogP contribution in [0.3, 0.4) is 0 Å². The van der Waals surface area contributed by atoms with E-state index in [1.165, 1.54) is 0 Å². The summed E-state index contributed by atoms with van der Waals surface area (Å²) < 4.78 is 18.0. The Labute approximate surface area is 305 Å². The summed E-state index contributed by atoms with van der Waals surface area (Å²) in [5, 5.41) is 6.77. The molecule has 8 aromatic carbocycles. The predicted octanol–water partition coefficient (Wildman–Crippen LogP) is 13.5. The molecular weight excluding hydrogens is 649 g/mol. The number of hydrogen-bond donors (Lipinski definition) is 0. The summed E-state index contributed by atoms with van der Waals surface area (Å²) in [5.74, 6) is 1.70. The molecule has 0 aliphatic heterocycles. The molecule has 3 heterocycles. The number of para-hydroxylation sites is 4. The first kappa shape index (κ1) is 29.7. The summed E-state index contributed by atoms with van der Waals surface area (Å²) in [7, 11) is 0. The number of rotatable bonds is 5. The number of benzene rings is 8. The Balaban J connectivity index is 1.17. The molecule has 4 nitrogen and oxygen atoms in total. The average Bonchev–Trinajstić information content (AvgIpc) is 3.87. The van der Waals surface area contributed by atoms with E-state index in [4.69, 9.17) is 9.15 Å². The van der Waals surface area contributed by atoms with E-state index in [-0.39, 0.29) is 0 Å². The smallest absolute Gasteiger partial charge is 0.145 e. The van der Waals surface area contributed by atoms with Gasteiger partial charge in [0.25, 0.3) is 0 Å². The minimum absolute atomic E-state index is 0.842. The van der Waals surface area contributed by atoms with Crippen LogP contribution in [0.4, 0.5) is 0 Å². The topological polar surface area (TPSA) is 32.2 Å². The van der Waals surface area contributed by atoms with Crippen LogP contribution >= 0.6 is 0 Å². The summed E-state index contributed by atoms with van der Waals surface area (Å²) >= 11 is 0. The highest BCUT2D eigenvalue weighted by Crippen LogP contribution is 2.44. The van der Waals surface area contributed by atoms with E-state index >= 15 is 0 Å². The zero-order valence-electron chi connectivity index (χ0n) is 29.0. The zero-order valence-corrected chi connectivity index (χ0v) is 29.0. The lowest BCUT2D eigenvalue weighted by atomic mass is 10.0. The second-order valence-electron chi connectivity index (χ2n) is 13.8. The van der Waals surface area contributed by atoms with Gasteiger partial charge in [-0.15, -0.1) is 0 Å². The molecule has 11 rings (SSSR count). The fraction of sp³-hybridized carbons (Fsp3) is 0.0204. The molecule has 0 saturated carbocycles. The van der Waals surface area contributed by atoms with Crippen molar-refractivity contribution < 1.29 is 9.15 Å². The normalized spacial score (nSPS) is 11.9. The molecule has 0 N–H and O–H groups in total. The Bertz CT molecular complexity index is 3200. The number of hydrogen-bond acceptors (Lipinski definition) is 2. The van der Waals surface area contributed by atoms with Crippen molar-refractivity contribution in [3.8, 4) is 34.0 Å². The minimum Gasteiger partial charge on any atom is -0.456 e. The average molecular weight is 681 g/mol. The van der Waals surface area contributed by atoms with Gasteiger partial charge < -0.3 is 18.3 Å². The van der Waals surface area contributed by atoms with Crippen LogP contribution in [0.5, 0.6) is 11.5 Å². The van der Waals surface area contributed by atoms with Crippen LogP contribution in [0.25, 0.3) is 88.1 Å². The van der Waals surface area contributed by atoms with Crippen LogP contribution in [0.15, 0.2) is 180 Å².